The van der Waals surface area contributed by atoms with Gasteiger partial charge in [-0.15, -0.1) is 13.2 Å². The van der Waals surface area contributed by atoms with E-state index in [9.17, 15) is 22.4 Å². The summed E-state index contributed by atoms with van der Waals surface area (Å²) in [5.74, 6) is -2.16. The Hall–Kier alpha value is -2.03. The fourth-order valence-corrected chi connectivity index (χ4v) is 2.40. The largest absolute Gasteiger partial charge is 0.573 e. The molecule has 0 aliphatic carbocycles. The Morgan fingerprint density at radius 3 is 2.32 bits per heavy atom. The van der Waals surface area contributed by atoms with Crippen LogP contribution >= 0.6 is 15.9 Å². The Balaban J connectivity index is 2.39. The van der Waals surface area contributed by atoms with E-state index in [-0.39, 0.29) is 11.3 Å². The molecule has 2 aromatic rings. The summed E-state index contributed by atoms with van der Waals surface area (Å²) in [6.07, 6.45) is -4.28. The predicted octanol–water partition coefficient (Wildman–Crippen LogP) is 5.74. The number of benzene rings is 1. The van der Waals surface area contributed by atoms with Crippen molar-refractivity contribution in [3.8, 4) is 17.0 Å². The molecule has 0 atom stereocenters. The van der Waals surface area contributed by atoms with Gasteiger partial charge in [0.1, 0.15) is 5.60 Å². The minimum Gasteiger partial charge on any atom is -0.443 e. The van der Waals surface area contributed by atoms with Crippen molar-refractivity contribution in [3.63, 3.8) is 0 Å². The van der Waals surface area contributed by atoms with Crippen LogP contribution in [0.1, 0.15) is 20.8 Å². The second-order valence-corrected chi connectivity index (χ2v) is 7.00. The second kappa shape index (κ2) is 6.70. The first kappa shape index (κ1) is 19.3. The Bertz CT molecular complexity index is 794. The number of carbonyl (C=O) groups is 1. The van der Waals surface area contributed by atoms with Crippen LogP contribution in [0.3, 0.4) is 0 Å². The molecule has 0 aliphatic heterocycles. The molecule has 0 spiro atoms. The Labute approximate surface area is 149 Å². The SMILES string of the molecule is CC(C)(C)OC(=O)n1cc(Br)cc1-c1ccc(OC(F)(F)F)c(F)c1. The van der Waals surface area contributed by atoms with Crippen LogP contribution in [0.4, 0.5) is 22.4 Å². The van der Waals surface area contributed by atoms with E-state index in [0.717, 1.165) is 16.7 Å². The van der Waals surface area contributed by atoms with Gasteiger partial charge in [-0.05, 0) is 61.0 Å². The molecule has 0 aliphatic rings. The number of alkyl halides is 3. The second-order valence-electron chi connectivity index (χ2n) is 6.09. The number of hydrogen-bond donors (Lipinski definition) is 0. The molecule has 0 saturated heterocycles. The summed E-state index contributed by atoms with van der Waals surface area (Å²) in [5, 5.41) is 0. The van der Waals surface area contributed by atoms with Crippen LogP contribution < -0.4 is 4.74 Å². The van der Waals surface area contributed by atoms with Crippen LogP contribution in [-0.2, 0) is 4.74 Å². The molecule has 0 radical (unpaired) electrons. The van der Waals surface area contributed by atoms with Crippen molar-refractivity contribution in [3.05, 3.63) is 40.8 Å². The van der Waals surface area contributed by atoms with Crippen LogP contribution in [0.25, 0.3) is 11.3 Å². The molecular weight excluding hydrogens is 410 g/mol. The smallest absolute Gasteiger partial charge is 0.443 e. The van der Waals surface area contributed by atoms with Gasteiger partial charge in [-0.1, -0.05) is 0 Å². The highest BCUT2D eigenvalue weighted by Crippen LogP contribution is 2.31. The van der Waals surface area contributed by atoms with Crippen molar-refractivity contribution in [2.75, 3.05) is 0 Å². The molecule has 0 amide bonds. The van der Waals surface area contributed by atoms with E-state index in [2.05, 4.69) is 20.7 Å². The van der Waals surface area contributed by atoms with Crippen LogP contribution in [0.5, 0.6) is 5.75 Å². The number of aromatic nitrogens is 1. The molecule has 136 valence electrons. The first-order valence-electron chi connectivity index (χ1n) is 7.03. The summed E-state index contributed by atoms with van der Waals surface area (Å²) < 4.78 is 61.1. The van der Waals surface area contributed by atoms with Gasteiger partial charge in [-0.3, -0.25) is 4.57 Å². The molecular formula is C16H14BrF4NO3. The van der Waals surface area contributed by atoms with E-state index in [1.54, 1.807) is 20.8 Å². The van der Waals surface area contributed by atoms with Gasteiger partial charge in [0.25, 0.3) is 0 Å². The van der Waals surface area contributed by atoms with E-state index >= 15 is 0 Å². The molecule has 1 heterocycles. The fourth-order valence-electron chi connectivity index (χ4n) is 1.98. The van der Waals surface area contributed by atoms with E-state index in [1.165, 1.54) is 18.3 Å². The van der Waals surface area contributed by atoms with Crippen LogP contribution in [0, 0.1) is 5.82 Å². The third-order valence-electron chi connectivity index (χ3n) is 2.83. The zero-order valence-corrected chi connectivity index (χ0v) is 15.0. The summed E-state index contributed by atoms with van der Waals surface area (Å²) in [5.41, 5.74) is -0.317. The zero-order valence-electron chi connectivity index (χ0n) is 13.4. The van der Waals surface area contributed by atoms with E-state index in [1.807, 2.05) is 0 Å². The number of hydrogen-bond acceptors (Lipinski definition) is 3. The zero-order chi connectivity index (χ0) is 19.0. The topological polar surface area (TPSA) is 40.5 Å². The monoisotopic (exact) mass is 423 g/mol. The normalized spacial score (nSPS) is 12.2. The highest BCUT2D eigenvalue weighted by atomic mass is 79.9. The van der Waals surface area contributed by atoms with Crippen molar-refractivity contribution in [2.24, 2.45) is 0 Å². The quantitative estimate of drug-likeness (QED) is 0.578. The minimum absolute atomic E-state index is 0.184. The molecule has 2 rings (SSSR count). The Kier molecular flexibility index (Phi) is 5.17. The van der Waals surface area contributed by atoms with Crippen molar-refractivity contribution in [1.82, 2.24) is 4.57 Å². The van der Waals surface area contributed by atoms with Gasteiger partial charge in [0.15, 0.2) is 11.6 Å². The summed E-state index contributed by atoms with van der Waals surface area (Å²) in [6.45, 7) is 5.06. The van der Waals surface area contributed by atoms with Crippen molar-refractivity contribution < 1.29 is 31.8 Å². The number of nitrogens with zero attached hydrogens (tertiary/aromatic N) is 1. The molecule has 0 bridgehead atoms. The number of halogens is 5. The van der Waals surface area contributed by atoms with E-state index in [4.69, 9.17) is 4.74 Å². The Morgan fingerprint density at radius 2 is 1.80 bits per heavy atom. The first-order valence-corrected chi connectivity index (χ1v) is 7.82. The number of rotatable bonds is 2. The summed E-state index contributed by atoms with van der Waals surface area (Å²) >= 11 is 3.21. The highest BCUT2D eigenvalue weighted by Gasteiger charge is 2.32. The molecule has 0 N–H and O–H groups in total. The molecule has 9 heteroatoms. The summed E-state index contributed by atoms with van der Waals surface area (Å²) in [6, 6.07) is 4.43. The Morgan fingerprint density at radius 1 is 1.16 bits per heavy atom. The summed E-state index contributed by atoms with van der Waals surface area (Å²) in [4.78, 5) is 12.3. The number of ether oxygens (including phenoxy) is 2. The fraction of sp³-hybridized carbons (Fsp3) is 0.312. The van der Waals surface area contributed by atoms with Crippen LogP contribution in [0.15, 0.2) is 34.9 Å². The molecule has 1 aromatic heterocycles. The van der Waals surface area contributed by atoms with Crippen LogP contribution in [-0.4, -0.2) is 22.6 Å². The van der Waals surface area contributed by atoms with Gasteiger partial charge in [0.2, 0.25) is 0 Å². The molecule has 0 unspecified atom stereocenters. The van der Waals surface area contributed by atoms with Gasteiger partial charge in [-0.2, -0.15) is 0 Å². The molecule has 0 fully saturated rings. The van der Waals surface area contributed by atoms with Gasteiger partial charge in [0.05, 0.1) is 5.69 Å². The standard InChI is InChI=1S/C16H14BrF4NO3/c1-15(2,3)25-14(23)22-8-10(17)7-12(22)9-4-5-13(11(18)6-9)24-16(19,20)21/h4-8H,1-3H3. The van der Waals surface area contributed by atoms with Gasteiger partial charge in [-0.25, -0.2) is 9.18 Å². The minimum atomic E-state index is -5.00. The van der Waals surface area contributed by atoms with Crippen molar-refractivity contribution in [2.45, 2.75) is 32.7 Å². The maximum absolute atomic E-state index is 13.9. The molecule has 0 saturated carbocycles. The lowest BCUT2D eigenvalue weighted by Gasteiger charge is -2.20. The lowest BCUT2D eigenvalue weighted by molar-refractivity contribution is -0.275. The van der Waals surface area contributed by atoms with Gasteiger partial charge >= 0.3 is 12.5 Å². The predicted molar refractivity (Wildman–Crippen MR) is 85.8 cm³/mol. The summed E-state index contributed by atoms with van der Waals surface area (Å²) in [7, 11) is 0. The third-order valence-corrected chi connectivity index (χ3v) is 3.26. The third kappa shape index (κ3) is 5.22. The average Bonchev–Trinajstić information content (AvgIpc) is 2.80. The lowest BCUT2D eigenvalue weighted by Crippen LogP contribution is -2.27. The molecule has 4 nitrogen and oxygen atoms in total. The maximum atomic E-state index is 13.9. The molecule has 25 heavy (non-hydrogen) atoms. The van der Waals surface area contributed by atoms with Crippen LogP contribution in [0.2, 0.25) is 0 Å². The van der Waals surface area contributed by atoms with Gasteiger partial charge in [0, 0.05) is 16.2 Å². The van der Waals surface area contributed by atoms with Gasteiger partial charge < -0.3 is 9.47 Å². The van der Waals surface area contributed by atoms with E-state index < -0.39 is 29.6 Å². The van der Waals surface area contributed by atoms with E-state index in [0.29, 0.717) is 4.47 Å². The van der Waals surface area contributed by atoms with Crippen molar-refractivity contribution >= 4 is 22.0 Å². The first-order chi connectivity index (χ1) is 11.4. The number of carbonyl (C=O) groups excluding carboxylic acids is 1. The lowest BCUT2D eigenvalue weighted by atomic mass is 10.1. The molecule has 1 aromatic carbocycles. The highest BCUT2D eigenvalue weighted by molar-refractivity contribution is 9.10. The average molecular weight is 424 g/mol. The maximum Gasteiger partial charge on any atom is 0.573 e. The van der Waals surface area contributed by atoms with Crippen molar-refractivity contribution in [1.29, 1.82) is 0 Å².